The van der Waals surface area contributed by atoms with Crippen LogP contribution >= 0.6 is 7.82 Å². The molecule has 0 saturated carbocycles. The van der Waals surface area contributed by atoms with E-state index in [-0.39, 0.29) is 32.6 Å². The summed E-state index contributed by atoms with van der Waals surface area (Å²) in [7, 11) is -4.40. The number of hydrogen-bond donors (Lipinski definition) is 2. The van der Waals surface area contributed by atoms with E-state index >= 15 is 0 Å². The number of nitrogens with two attached hydrogens (primary N) is 1. The van der Waals surface area contributed by atoms with E-state index < -0.39 is 32.5 Å². The largest absolute Gasteiger partial charge is 0.472 e. The third-order valence-corrected chi connectivity index (χ3v) is 11.2. The lowest BCUT2D eigenvalue weighted by Gasteiger charge is -2.19. The van der Waals surface area contributed by atoms with Gasteiger partial charge in [-0.1, -0.05) is 184 Å². The minimum Gasteiger partial charge on any atom is -0.462 e. The summed E-state index contributed by atoms with van der Waals surface area (Å²) in [6.45, 7) is 3.65. The summed E-state index contributed by atoms with van der Waals surface area (Å²) >= 11 is 0. The Balaban J connectivity index is 4.11. The second-order valence-electron chi connectivity index (χ2n) is 16.0. The fraction of sp³-hybridized carbons (Fsp3) is 0.796. The van der Waals surface area contributed by atoms with Crippen molar-refractivity contribution in [3.63, 3.8) is 0 Å². The topological polar surface area (TPSA) is 134 Å². The highest BCUT2D eigenvalue weighted by molar-refractivity contribution is 7.47. The maximum Gasteiger partial charge on any atom is 0.472 e. The van der Waals surface area contributed by atoms with E-state index in [1.54, 1.807) is 0 Å². The zero-order valence-corrected chi connectivity index (χ0v) is 38.9. The molecular weight excluding hydrogens is 762 g/mol. The smallest absolute Gasteiger partial charge is 0.462 e. The average Bonchev–Trinajstić information content (AvgIpc) is 3.22. The molecule has 2 atom stereocenters. The first-order valence-electron chi connectivity index (χ1n) is 24.1. The molecule has 0 aromatic heterocycles. The van der Waals surface area contributed by atoms with Gasteiger partial charge < -0.3 is 20.1 Å². The van der Waals surface area contributed by atoms with E-state index in [4.69, 9.17) is 24.3 Å². The molecule has 59 heavy (non-hydrogen) atoms. The predicted molar refractivity (Wildman–Crippen MR) is 247 cm³/mol. The number of phosphoric ester groups is 1. The molecule has 0 rings (SSSR count). The molecular formula is C49H90NO8P. The van der Waals surface area contributed by atoms with Crippen molar-refractivity contribution in [3.8, 4) is 0 Å². The zero-order chi connectivity index (χ0) is 43.2. The summed E-state index contributed by atoms with van der Waals surface area (Å²) in [6, 6.07) is 0. The Hall–Kier alpha value is -2.03. The second-order valence-corrected chi connectivity index (χ2v) is 17.4. The molecule has 0 aromatic carbocycles. The quantitative estimate of drug-likeness (QED) is 0.0266. The van der Waals surface area contributed by atoms with Crippen molar-refractivity contribution in [1.29, 1.82) is 0 Å². The first-order chi connectivity index (χ1) is 28.8. The third kappa shape index (κ3) is 45.3. The maximum absolute atomic E-state index is 12.6. The molecule has 1 unspecified atom stereocenters. The highest BCUT2D eigenvalue weighted by Gasteiger charge is 2.26. The van der Waals surface area contributed by atoms with Crippen LogP contribution in [0.15, 0.2) is 48.6 Å². The van der Waals surface area contributed by atoms with Crippen molar-refractivity contribution in [2.75, 3.05) is 26.4 Å². The van der Waals surface area contributed by atoms with E-state index in [9.17, 15) is 19.0 Å². The van der Waals surface area contributed by atoms with E-state index in [0.29, 0.717) is 12.8 Å². The van der Waals surface area contributed by atoms with E-state index in [2.05, 4.69) is 62.5 Å². The zero-order valence-electron chi connectivity index (χ0n) is 38.0. The van der Waals surface area contributed by atoms with E-state index in [1.807, 2.05) is 0 Å². The molecule has 0 fully saturated rings. The number of carbonyl (C=O) groups excluding carboxylic acids is 2. The van der Waals surface area contributed by atoms with Crippen LogP contribution < -0.4 is 5.73 Å². The Bertz CT molecular complexity index is 1110. The van der Waals surface area contributed by atoms with Gasteiger partial charge in [0.15, 0.2) is 6.10 Å². The minimum atomic E-state index is -4.40. The average molecular weight is 852 g/mol. The molecule has 3 N–H and O–H groups in total. The van der Waals surface area contributed by atoms with Crippen molar-refractivity contribution in [3.05, 3.63) is 48.6 Å². The Morgan fingerprint density at radius 2 is 0.898 bits per heavy atom. The van der Waals surface area contributed by atoms with Crippen LogP contribution in [-0.4, -0.2) is 49.3 Å². The molecule has 0 aliphatic carbocycles. The van der Waals surface area contributed by atoms with Gasteiger partial charge in [-0.25, -0.2) is 4.57 Å². The molecule has 0 saturated heterocycles. The molecule has 10 heteroatoms. The van der Waals surface area contributed by atoms with Gasteiger partial charge in [0.25, 0.3) is 0 Å². The fourth-order valence-electron chi connectivity index (χ4n) is 6.59. The van der Waals surface area contributed by atoms with Crippen LogP contribution in [0.5, 0.6) is 0 Å². The van der Waals surface area contributed by atoms with Crippen molar-refractivity contribution in [2.45, 2.75) is 225 Å². The highest BCUT2D eigenvalue weighted by atomic mass is 31.2. The van der Waals surface area contributed by atoms with Gasteiger partial charge in [0.1, 0.15) is 6.61 Å². The molecule has 0 bridgehead atoms. The Morgan fingerprint density at radius 3 is 1.41 bits per heavy atom. The van der Waals surface area contributed by atoms with Crippen LogP contribution in [0.2, 0.25) is 0 Å². The van der Waals surface area contributed by atoms with Crippen LogP contribution in [0.1, 0.15) is 219 Å². The summed E-state index contributed by atoms with van der Waals surface area (Å²) in [6.07, 6.45) is 53.1. The molecule has 0 spiro atoms. The van der Waals surface area contributed by atoms with Gasteiger partial charge in [0.05, 0.1) is 13.2 Å². The summed E-state index contributed by atoms with van der Waals surface area (Å²) in [5.74, 6) is -0.907. The molecule has 0 aliphatic heterocycles. The third-order valence-electron chi connectivity index (χ3n) is 10.2. The number of unbranched alkanes of at least 4 members (excludes halogenated alkanes) is 24. The van der Waals surface area contributed by atoms with Crippen LogP contribution in [0, 0.1) is 0 Å². The Labute approximate surface area is 362 Å². The number of carbonyl (C=O) groups is 2. The van der Waals surface area contributed by atoms with Gasteiger partial charge in [0, 0.05) is 19.4 Å². The SMILES string of the molecule is CCCCC/C=C/C/C=C/C/C=C/CCCCC(=O)O[C@@H](COC(=O)CCC/C=C/CCCCCCCCCCCCCCCCCCCC)COP(=O)(O)OCCN. The van der Waals surface area contributed by atoms with Crippen molar-refractivity contribution in [2.24, 2.45) is 5.73 Å². The molecule has 0 heterocycles. The summed E-state index contributed by atoms with van der Waals surface area (Å²) in [5.41, 5.74) is 5.35. The molecule has 344 valence electrons. The molecule has 0 amide bonds. The first-order valence-corrected chi connectivity index (χ1v) is 25.6. The van der Waals surface area contributed by atoms with Crippen LogP contribution in [0.4, 0.5) is 0 Å². The van der Waals surface area contributed by atoms with Gasteiger partial charge >= 0.3 is 19.8 Å². The molecule has 9 nitrogen and oxygen atoms in total. The van der Waals surface area contributed by atoms with Gasteiger partial charge in [-0.2, -0.15) is 0 Å². The van der Waals surface area contributed by atoms with Crippen molar-refractivity contribution in [1.82, 2.24) is 0 Å². The number of rotatable bonds is 45. The lowest BCUT2D eigenvalue weighted by Crippen LogP contribution is -2.29. The lowest BCUT2D eigenvalue weighted by atomic mass is 10.0. The number of allylic oxidation sites excluding steroid dienone is 8. The van der Waals surface area contributed by atoms with Gasteiger partial charge in [-0.3, -0.25) is 18.6 Å². The minimum absolute atomic E-state index is 0.0431. The van der Waals surface area contributed by atoms with Gasteiger partial charge in [-0.15, -0.1) is 0 Å². The van der Waals surface area contributed by atoms with Crippen LogP contribution in [0.3, 0.4) is 0 Å². The normalized spacial score (nSPS) is 13.6. The second kappa shape index (κ2) is 45.5. The molecule has 0 aromatic rings. The van der Waals surface area contributed by atoms with Crippen LogP contribution in [0.25, 0.3) is 0 Å². The first kappa shape index (κ1) is 57.0. The fourth-order valence-corrected chi connectivity index (χ4v) is 7.35. The summed E-state index contributed by atoms with van der Waals surface area (Å²) < 4.78 is 32.8. The summed E-state index contributed by atoms with van der Waals surface area (Å²) in [5, 5.41) is 0. The lowest BCUT2D eigenvalue weighted by molar-refractivity contribution is -0.161. The molecule has 0 radical (unpaired) electrons. The van der Waals surface area contributed by atoms with Gasteiger partial charge in [0.2, 0.25) is 0 Å². The number of esters is 2. The van der Waals surface area contributed by atoms with E-state index in [0.717, 1.165) is 44.9 Å². The van der Waals surface area contributed by atoms with Crippen molar-refractivity contribution >= 4 is 19.8 Å². The highest BCUT2D eigenvalue weighted by Crippen LogP contribution is 2.43. The maximum atomic E-state index is 12.6. The number of phosphoric acid groups is 1. The Kier molecular flexibility index (Phi) is 43.9. The molecule has 0 aliphatic rings. The Morgan fingerprint density at radius 1 is 0.508 bits per heavy atom. The standard InChI is InChI=1S/C49H90NO8P/c1-3-5-7-9-11-13-15-17-19-20-21-22-23-24-25-26-28-29-31-33-35-37-39-41-48(51)55-45-47(46-57-59(53,54)56-44-43-50)58-49(52)42-40-38-36-34-32-30-27-18-16-14-12-10-8-6-4-2/h12,14,18,27,32-35,47H,3-11,13,15-17,19-26,28-31,36-46,50H2,1-2H3,(H,53,54)/b14-12+,27-18+,34-32+,35-33+/t47-/m0/s1. The van der Waals surface area contributed by atoms with Gasteiger partial charge in [-0.05, 0) is 70.6 Å². The van der Waals surface area contributed by atoms with E-state index in [1.165, 1.54) is 135 Å². The summed E-state index contributed by atoms with van der Waals surface area (Å²) in [4.78, 5) is 34.9. The number of hydrogen-bond acceptors (Lipinski definition) is 8. The number of ether oxygens (including phenoxy) is 2. The van der Waals surface area contributed by atoms with Crippen molar-refractivity contribution < 1.29 is 37.6 Å². The van der Waals surface area contributed by atoms with Crippen LogP contribution in [-0.2, 0) is 32.7 Å². The predicted octanol–water partition coefficient (Wildman–Crippen LogP) is 14.3. The monoisotopic (exact) mass is 852 g/mol.